The van der Waals surface area contributed by atoms with Gasteiger partial charge in [0, 0.05) is 43.7 Å². The van der Waals surface area contributed by atoms with E-state index < -0.39 is 21.9 Å². The molecule has 1 aromatic carbocycles. The predicted octanol–water partition coefficient (Wildman–Crippen LogP) is 0.447. The zero-order chi connectivity index (χ0) is 21.7. The molecule has 0 aliphatic carbocycles. The number of benzene rings is 1. The fourth-order valence-corrected chi connectivity index (χ4v) is 3.99. The Morgan fingerprint density at radius 3 is 2.50 bits per heavy atom. The number of nitrogens with zero attached hydrogens (tertiary/aromatic N) is 3. The molecule has 1 saturated heterocycles. The van der Waals surface area contributed by atoms with Crippen LogP contribution < -0.4 is 10.5 Å². The molecule has 1 aliphatic rings. The molecule has 1 fully saturated rings. The summed E-state index contributed by atoms with van der Waals surface area (Å²) in [6, 6.07) is 5.18. The number of carbonyl (C=O) groups is 2. The van der Waals surface area contributed by atoms with Gasteiger partial charge in [0.15, 0.2) is 10.8 Å². The Bertz CT molecular complexity index is 998. The Balaban J connectivity index is 1.49. The average Bonchev–Trinajstić information content (AvgIpc) is 3.17. The lowest BCUT2D eigenvalue weighted by atomic mass is 10.2. The number of hydrogen-bond acceptors (Lipinski definition) is 9. The highest BCUT2D eigenvalue weighted by Crippen LogP contribution is 2.18. The predicted molar refractivity (Wildman–Crippen MR) is 112 cm³/mol. The molecule has 1 amide bonds. The lowest BCUT2D eigenvalue weighted by Gasteiger charge is -2.31. The number of ether oxygens (including phenoxy) is 1. The third-order valence-electron chi connectivity index (χ3n) is 4.62. The molecule has 2 aromatic rings. The highest BCUT2D eigenvalue weighted by molar-refractivity contribution is 7.89. The van der Waals surface area contributed by atoms with Crippen molar-refractivity contribution in [3.05, 3.63) is 40.9 Å². The number of nitrogens with one attached hydrogen (secondary N) is 1. The van der Waals surface area contributed by atoms with Gasteiger partial charge in [0.25, 0.3) is 5.91 Å². The number of primary sulfonamides is 1. The van der Waals surface area contributed by atoms with E-state index in [2.05, 4.69) is 27.1 Å². The number of likely N-dealkylation sites (N-methyl/N-ethyl adjacent to an activating group) is 1. The highest BCUT2D eigenvalue weighted by Gasteiger charge is 2.17. The van der Waals surface area contributed by atoms with Crippen LogP contribution in [0.1, 0.15) is 20.8 Å². The van der Waals surface area contributed by atoms with Gasteiger partial charge in [-0.2, -0.15) is 0 Å². The van der Waals surface area contributed by atoms with E-state index in [0.717, 1.165) is 37.5 Å². The smallest absolute Gasteiger partial charge is 0.357 e. The van der Waals surface area contributed by atoms with Crippen LogP contribution in [-0.2, 0) is 14.8 Å². The molecule has 3 N–H and O–H groups in total. The molecule has 2 heterocycles. The summed E-state index contributed by atoms with van der Waals surface area (Å²) in [5.74, 6) is -1.03. The number of esters is 1. The lowest BCUT2D eigenvalue weighted by Crippen LogP contribution is -2.45. The van der Waals surface area contributed by atoms with E-state index in [9.17, 15) is 18.0 Å². The summed E-state index contributed by atoms with van der Waals surface area (Å²) in [6.45, 7) is 4.82. The highest BCUT2D eigenvalue weighted by atomic mass is 32.2. The van der Waals surface area contributed by atoms with Crippen molar-refractivity contribution in [2.75, 3.05) is 51.7 Å². The second kappa shape index (κ2) is 9.62. The second-order valence-corrected chi connectivity index (χ2v) is 9.26. The van der Waals surface area contributed by atoms with Crippen LogP contribution in [0.5, 0.6) is 0 Å². The van der Waals surface area contributed by atoms with Gasteiger partial charge >= 0.3 is 5.97 Å². The number of hydrogen-bond donors (Lipinski definition) is 2. The standard InChI is InChI=1S/C18H23N5O5S2/c1-22-6-8-23(9-7-22)10-11-28-17(25)15-12-29-18(20-15)21-16(24)13-2-4-14(5-3-13)30(19,26)27/h2-5,12H,6-11H2,1H3,(H2,19,26,27)(H,20,21,24). The van der Waals surface area contributed by atoms with Gasteiger partial charge < -0.3 is 9.64 Å². The topological polar surface area (TPSA) is 135 Å². The van der Waals surface area contributed by atoms with E-state index in [-0.39, 0.29) is 27.9 Å². The second-order valence-electron chi connectivity index (χ2n) is 6.84. The number of piperazine rings is 1. The summed E-state index contributed by atoms with van der Waals surface area (Å²) >= 11 is 1.09. The molecule has 30 heavy (non-hydrogen) atoms. The Morgan fingerprint density at radius 2 is 1.87 bits per heavy atom. The van der Waals surface area contributed by atoms with Crippen molar-refractivity contribution in [3.8, 4) is 0 Å². The van der Waals surface area contributed by atoms with Gasteiger partial charge in [-0.3, -0.25) is 15.0 Å². The fraction of sp³-hybridized carbons (Fsp3) is 0.389. The number of carbonyl (C=O) groups excluding carboxylic acids is 2. The van der Waals surface area contributed by atoms with Crippen molar-refractivity contribution in [1.82, 2.24) is 14.8 Å². The molecule has 0 saturated carbocycles. The summed E-state index contributed by atoms with van der Waals surface area (Å²) in [7, 11) is -1.75. The molecule has 162 valence electrons. The maximum absolute atomic E-state index is 12.3. The van der Waals surface area contributed by atoms with E-state index in [4.69, 9.17) is 9.88 Å². The molecule has 0 atom stereocenters. The van der Waals surface area contributed by atoms with Crippen LogP contribution in [0.25, 0.3) is 0 Å². The molecule has 0 unspecified atom stereocenters. The van der Waals surface area contributed by atoms with Crippen LogP contribution in [0.2, 0.25) is 0 Å². The summed E-state index contributed by atoms with van der Waals surface area (Å²) in [4.78, 5) is 32.9. The van der Waals surface area contributed by atoms with Crippen molar-refractivity contribution < 1.29 is 22.7 Å². The molecule has 0 radical (unpaired) electrons. The minimum atomic E-state index is -3.83. The first-order valence-electron chi connectivity index (χ1n) is 9.20. The minimum Gasteiger partial charge on any atom is -0.460 e. The first-order valence-corrected chi connectivity index (χ1v) is 11.6. The van der Waals surface area contributed by atoms with E-state index in [1.54, 1.807) is 0 Å². The fourth-order valence-electron chi connectivity index (χ4n) is 2.80. The monoisotopic (exact) mass is 453 g/mol. The number of thiazole rings is 1. The molecule has 3 rings (SSSR count). The quantitative estimate of drug-likeness (QED) is 0.577. The van der Waals surface area contributed by atoms with Crippen molar-refractivity contribution in [2.45, 2.75) is 4.90 Å². The van der Waals surface area contributed by atoms with Crippen LogP contribution in [0.15, 0.2) is 34.5 Å². The number of nitrogens with two attached hydrogens (primary N) is 1. The van der Waals surface area contributed by atoms with Crippen LogP contribution in [0, 0.1) is 0 Å². The molecule has 1 aromatic heterocycles. The molecule has 10 nitrogen and oxygen atoms in total. The third kappa shape index (κ3) is 6.06. The molecule has 1 aliphatic heterocycles. The maximum Gasteiger partial charge on any atom is 0.357 e. The van der Waals surface area contributed by atoms with Crippen LogP contribution in [-0.4, -0.2) is 81.5 Å². The van der Waals surface area contributed by atoms with E-state index in [1.807, 2.05) is 0 Å². The summed E-state index contributed by atoms with van der Waals surface area (Å²) < 4.78 is 27.8. The van der Waals surface area contributed by atoms with Crippen LogP contribution in [0.4, 0.5) is 5.13 Å². The van der Waals surface area contributed by atoms with Crippen LogP contribution >= 0.6 is 11.3 Å². The van der Waals surface area contributed by atoms with Crippen molar-refractivity contribution in [2.24, 2.45) is 5.14 Å². The Kier molecular flexibility index (Phi) is 7.15. The van der Waals surface area contributed by atoms with Crippen molar-refractivity contribution in [3.63, 3.8) is 0 Å². The van der Waals surface area contributed by atoms with Crippen molar-refractivity contribution >= 4 is 38.4 Å². The normalized spacial score (nSPS) is 15.7. The number of sulfonamides is 1. The number of anilines is 1. The Morgan fingerprint density at radius 1 is 1.20 bits per heavy atom. The minimum absolute atomic E-state index is 0.0881. The lowest BCUT2D eigenvalue weighted by molar-refractivity contribution is 0.0426. The number of aromatic nitrogens is 1. The number of amides is 1. The summed E-state index contributed by atoms with van der Waals surface area (Å²) in [5, 5.41) is 9.36. The third-order valence-corrected chi connectivity index (χ3v) is 6.30. The summed E-state index contributed by atoms with van der Waals surface area (Å²) in [5.41, 5.74) is 0.354. The molecule has 0 spiro atoms. The zero-order valence-corrected chi connectivity index (χ0v) is 18.0. The van der Waals surface area contributed by atoms with Gasteiger partial charge in [0.2, 0.25) is 10.0 Å². The molecule has 0 bridgehead atoms. The van der Waals surface area contributed by atoms with Gasteiger partial charge in [-0.25, -0.2) is 23.3 Å². The molecular formula is C18H23N5O5S2. The SMILES string of the molecule is CN1CCN(CCOC(=O)c2csc(NC(=O)c3ccc(S(N)(=O)=O)cc3)n2)CC1. The van der Waals surface area contributed by atoms with Gasteiger partial charge in [0.1, 0.15) is 6.61 Å². The average molecular weight is 454 g/mol. The van der Waals surface area contributed by atoms with E-state index in [0.29, 0.717) is 6.54 Å². The summed E-state index contributed by atoms with van der Waals surface area (Å²) in [6.07, 6.45) is 0. The van der Waals surface area contributed by atoms with E-state index in [1.165, 1.54) is 29.6 Å². The molecular weight excluding hydrogens is 430 g/mol. The first-order chi connectivity index (χ1) is 14.2. The van der Waals surface area contributed by atoms with Gasteiger partial charge in [0.05, 0.1) is 4.90 Å². The number of rotatable bonds is 7. The van der Waals surface area contributed by atoms with Gasteiger partial charge in [-0.15, -0.1) is 11.3 Å². The van der Waals surface area contributed by atoms with Crippen LogP contribution in [0.3, 0.4) is 0 Å². The Hall–Kier alpha value is -2.38. The van der Waals surface area contributed by atoms with Crippen molar-refractivity contribution in [1.29, 1.82) is 0 Å². The molecule has 12 heteroatoms. The van der Waals surface area contributed by atoms with E-state index >= 15 is 0 Å². The maximum atomic E-state index is 12.3. The first kappa shape index (κ1) is 22.3. The van der Waals surface area contributed by atoms with Gasteiger partial charge in [-0.1, -0.05) is 0 Å². The largest absolute Gasteiger partial charge is 0.460 e. The Labute approximate surface area is 178 Å². The van der Waals surface area contributed by atoms with Gasteiger partial charge in [-0.05, 0) is 31.3 Å². The zero-order valence-electron chi connectivity index (χ0n) is 16.4.